The number of aromatic nitrogens is 3. The minimum Gasteiger partial charge on any atom is -0.357 e. The molecule has 0 amide bonds. The molecule has 0 saturated heterocycles. The molecule has 74 valence electrons. The van der Waals surface area contributed by atoms with Crippen molar-refractivity contribution in [3.63, 3.8) is 0 Å². The van der Waals surface area contributed by atoms with Gasteiger partial charge >= 0.3 is 0 Å². The summed E-state index contributed by atoms with van der Waals surface area (Å²) in [6.07, 6.45) is 7.90. The summed E-state index contributed by atoms with van der Waals surface area (Å²) < 4.78 is 2.05. The van der Waals surface area contributed by atoms with Crippen molar-refractivity contribution >= 4 is 0 Å². The van der Waals surface area contributed by atoms with Crippen LogP contribution in [0.5, 0.6) is 0 Å². The lowest BCUT2D eigenvalue weighted by Crippen LogP contribution is -2.11. The number of hydrogen-bond acceptors (Lipinski definition) is 2. The van der Waals surface area contributed by atoms with Crippen LogP contribution in [-0.2, 0) is 20.1 Å². The van der Waals surface area contributed by atoms with Crippen LogP contribution in [0.15, 0.2) is 30.9 Å². The van der Waals surface area contributed by atoms with Crippen molar-refractivity contribution in [2.24, 2.45) is 7.05 Å². The standard InChI is InChI=1S/C10H14N4/c1-14-3-2-9(8-14)4-11-5-10-6-12-13-7-10/h2-3,6-8,11H,4-5H2,1H3,(H,12,13). The fourth-order valence-corrected chi connectivity index (χ4v) is 1.39. The van der Waals surface area contributed by atoms with Crippen LogP contribution in [0.1, 0.15) is 11.1 Å². The lowest BCUT2D eigenvalue weighted by molar-refractivity contribution is 0.692. The second-order valence-electron chi connectivity index (χ2n) is 3.40. The number of aromatic amines is 1. The van der Waals surface area contributed by atoms with Crippen molar-refractivity contribution in [3.8, 4) is 0 Å². The van der Waals surface area contributed by atoms with E-state index in [1.165, 1.54) is 11.1 Å². The fraction of sp³-hybridized carbons (Fsp3) is 0.300. The topological polar surface area (TPSA) is 45.6 Å². The van der Waals surface area contributed by atoms with Crippen LogP contribution in [-0.4, -0.2) is 14.8 Å². The molecule has 2 aromatic rings. The van der Waals surface area contributed by atoms with E-state index >= 15 is 0 Å². The largest absolute Gasteiger partial charge is 0.357 e. The molecular weight excluding hydrogens is 176 g/mol. The van der Waals surface area contributed by atoms with Crippen LogP contribution in [0.4, 0.5) is 0 Å². The maximum atomic E-state index is 3.88. The third kappa shape index (κ3) is 2.23. The molecule has 0 aliphatic heterocycles. The molecule has 4 heteroatoms. The number of nitrogens with zero attached hydrogens (tertiary/aromatic N) is 2. The molecule has 2 N–H and O–H groups in total. The number of hydrogen-bond donors (Lipinski definition) is 2. The Balaban J connectivity index is 1.78. The average Bonchev–Trinajstić information content (AvgIpc) is 2.77. The first-order valence-electron chi connectivity index (χ1n) is 4.64. The third-order valence-corrected chi connectivity index (χ3v) is 2.11. The smallest absolute Gasteiger partial charge is 0.0532 e. The molecular formula is C10H14N4. The molecule has 2 rings (SSSR count). The molecule has 2 aromatic heterocycles. The van der Waals surface area contributed by atoms with Gasteiger partial charge in [-0.3, -0.25) is 5.10 Å². The summed E-state index contributed by atoms with van der Waals surface area (Å²) in [7, 11) is 2.03. The molecule has 0 unspecified atom stereocenters. The summed E-state index contributed by atoms with van der Waals surface area (Å²) >= 11 is 0. The van der Waals surface area contributed by atoms with E-state index in [9.17, 15) is 0 Å². The predicted octanol–water partition coefficient (Wildman–Crippen LogP) is 1.04. The first-order chi connectivity index (χ1) is 6.84. The molecule has 2 heterocycles. The zero-order chi connectivity index (χ0) is 9.80. The third-order valence-electron chi connectivity index (χ3n) is 2.11. The summed E-state index contributed by atoms with van der Waals surface area (Å²) in [5, 5.41) is 10.0. The first-order valence-corrected chi connectivity index (χ1v) is 4.64. The van der Waals surface area contributed by atoms with E-state index in [4.69, 9.17) is 0 Å². The van der Waals surface area contributed by atoms with Gasteiger partial charge in [0, 0.05) is 44.3 Å². The van der Waals surface area contributed by atoms with Gasteiger partial charge in [-0.15, -0.1) is 0 Å². The Hall–Kier alpha value is -1.55. The van der Waals surface area contributed by atoms with Crippen LogP contribution in [0.2, 0.25) is 0 Å². The van der Waals surface area contributed by atoms with Crippen LogP contribution in [0, 0.1) is 0 Å². The Morgan fingerprint density at radius 2 is 2.29 bits per heavy atom. The molecule has 0 aromatic carbocycles. The average molecular weight is 190 g/mol. The van der Waals surface area contributed by atoms with Crippen molar-refractivity contribution in [1.29, 1.82) is 0 Å². The van der Waals surface area contributed by atoms with E-state index in [0.29, 0.717) is 0 Å². The van der Waals surface area contributed by atoms with Gasteiger partial charge in [0.1, 0.15) is 0 Å². The van der Waals surface area contributed by atoms with Crippen molar-refractivity contribution < 1.29 is 0 Å². The van der Waals surface area contributed by atoms with E-state index in [-0.39, 0.29) is 0 Å². The molecule has 14 heavy (non-hydrogen) atoms. The summed E-state index contributed by atoms with van der Waals surface area (Å²) in [6, 6.07) is 2.11. The van der Waals surface area contributed by atoms with Gasteiger partial charge in [0.25, 0.3) is 0 Å². The van der Waals surface area contributed by atoms with Gasteiger partial charge in [-0.2, -0.15) is 5.10 Å². The highest BCUT2D eigenvalue weighted by molar-refractivity contribution is 5.10. The number of nitrogens with one attached hydrogen (secondary N) is 2. The molecule has 0 atom stereocenters. The minimum absolute atomic E-state index is 0.853. The Labute approximate surface area is 82.9 Å². The molecule has 0 radical (unpaired) electrons. The van der Waals surface area contributed by atoms with Crippen LogP contribution >= 0.6 is 0 Å². The summed E-state index contributed by atoms with van der Waals surface area (Å²) in [6.45, 7) is 1.75. The molecule has 0 aliphatic rings. The van der Waals surface area contributed by atoms with E-state index < -0.39 is 0 Å². The molecule has 0 bridgehead atoms. The van der Waals surface area contributed by atoms with Crippen LogP contribution < -0.4 is 5.32 Å². The highest BCUT2D eigenvalue weighted by Gasteiger charge is 1.95. The van der Waals surface area contributed by atoms with Crippen LogP contribution in [0.3, 0.4) is 0 Å². The van der Waals surface area contributed by atoms with Gasteiger partial charge in [0.15, 0.2) is 0 Å². The van der Waals surface area contributed by atoms with E-state index in [0.717, 1.165) is 13.1 Å². The van der Waals surface area contributed by atoms with E-state index in [2.05, 4.69) is 38.5 Å². The Morgan fingerprint density at radius 1 is 1.43 bits per heavy atom. The van der Waals surface area contributed by atoms with Gasteiger partial charge in [-0.1, -0.05) is 0 Å². The van der Waals surface area contributed by atoms with E-state index in [1.54, 1.807) is 0 Å². The molecule has 0 aliphatic carbocycles. The maximum Gasteiger partial charge on any atom is 0.0532 e. The highest BCUT2D eigenvalue weighted by atomic mass is 15.1. The van der Waals surface area contributed by atoms with Gasteiger partial charge in [0.05, 0.1) is 6.20 Å². The van der Waals surface area contributed by atoms with Gasteiger partial charge in [-0.05, 0) is 11.6 Å². The SMILES string of the molecule is Cn1ccc(CNCc2cn[nH]c2)c1. The zero-order valence-electron chi connectivity index (χ0n) is 8.20. The van der Waals surface area contributed by atoms with E-state index in [1.807, 2.05) is 19.4 Å². The van der Waals surface area contributed by atoms with Crippen molar-refractivity contribution in [3.05, 3.63) is 42.0 Å². The second kappa shape index (κ2) is 4.11. The van der Waals surface area contributed by atoms with Gasteiger partial charge < -0.3 is 9.88 Å². The summed E-state index contributed by atoms with van der Waals surface area (Å²) in [5.74, 6) is 0. The lowest BCUT2D eigenvalue weighted by Gasteiger charge is -1.99. The second-order valence-corrected chi connectivity index (χ2v) is 3.40. The quantitative estimate of drug-likeness (QED) is 0.756. The van der Waals surface area contributed by atoms with Crippen molar-refractivity contribution in [2.75, 3.05) is 0 Å². The van der Waals surface area contributed by atoms with Gasteiger partial charge in [-0.25, -0.2) is 0 Å². The Morgan fingerprint density at radius 3 is 2.93 bits per heavy atom. The summed E-state index contributed by atoms with van der Waals surface area (Å²) in [5.41, 5.74) is 2.48. The monoisotopic (exact) mass is 190 g/mol. The number of aryl methyl sites for hydroxylation is 1. The van der Waals surface area contributed by atoms with Crippen molar-refractivity contribution in [1.82, 2.24) is 20.1 Å². The van der Waals surface area contributed by atoms with Crippen molar-refractivity contribution in [2.45, 2.75) is 13.1 Å². The maximum absolute atomic E-state index is 3.88. The predicted molar refractivity (Wildman–Crippen MR) is 54.5 cm³/mol. The normalized spacial score (nSPS) is 10.6. The Kier molecular flexibility index (Phi) is 2.65. The van der Waals surface area contributed by atoms with Gasteiger partial charge in [0.2, 0.25) is 0 Å². The molecule has 0 fully saturated rings. The Bertz CT molecular complexity index is 374. The molecule has 0 spiro atoms. The number of H-pyrrole nitrogens is 1. The minimum atomic E-state index is 0.853. The molecule has 0 saturated carbocycles. The summed E-state index contributed by atoms with van der Waals surface area (Å²) in [4.78, 5) is 0. The number of rotatable bonds is 4. The zero-order valence-corrected chi connectivity index (χ0v) is 8.20. The highest BCUT2D eigenvalue weighted by Crippen LogP contribution is 1.99. The van der Waals surface area contributed by atoms with Crippen LogP contribution in [0.25, 0.3) is 0 Å². The molecule has 4 nitrogen and oxygen atoms in total. The lowest BCUT2D eigenvalue weighted by atomic mass is 10.3. The first kappa shape index (κ1) is 9.02. The fourth-order valence-electron chi connectivity index (χ4n) is 1.39.